The van der Waals surface area contributed by atoms with Crippen molar-refractivity contribution in [2.24, 2.45) is 0 Å². The summed E-state index contributed by atoms with van der Waals surface area (Å²) in [5.41, 5.74) is 3.19. The molecule has 0 spiro atoms. The zero-order valence-corrected chi connectivity index (χ0v) is 15.6. The van der Waals surface area contributed by atoms with Gasteiger partial charge >= 0.3 is 0 Å². The molecule has 6 heteroatoms. The molecule has 0 bridgehead atoms. The van der Waals surface area contributed by atoms with E-state index in [-0.39, 0.29) is 17.6 Å². The van der Waals surface area contributed by atoms with Crippen LogP contribution in [0.25, 0.3) is 11.5 Å². The van der Waals surface area contributed by atoms with Crippen LogP contribution in [0.2, 0.25) is 0 Å². The normalized spacial score (nSPS) is 11.9. The van der Waals surface area contributed by atoms with Crippen LogP contribution in [0.1, 0.15) is 24.0 Å². The first-order chi connectivity index (χ1) is 12.6. The Morgan fingerprint density at radius 1 is 1.12 bits per heavy atom. The Morgan fingerprint density at radius 3 is 2.62 bits per heavy atom. The van der Waals surface area contributed by atoms with Crippen LogP contribution in [0.5, 0.6) is 0 Å². The second-order valence-electron chi connectivity index (χ2n) is 6.09. The molecule has 0 aliphatic carbocycles. The van der Waals surface area contributed by atoms with E-state index >= 15 is 0 Å². The van der Waals surface area contributed by atoms with Crippen LogP contribution in [-0.4, -0.2) is 28.4 Å². The number of carbonyl (C=O) groups excluding carboxylic acids is 1. The standard InChI is InChI=1S/C20H21N3O2S/c1-14-8-6-7-11-17(14)19-22-23-20(25-19)26-13-18(24)21-12-15(2)16-9-4-3-5-10-16/h3-11,15H,12-13H2,1-2H3,(H,21,24)/t15-/m1/s1. The Hall–Kier alpha value is -2.60. The van der Waals surface area contributed by atoms with E-state index in [1.807, 2.05) is 49.4 Å². The van der Waals surface area contributed by atoms with Gasteiger partial charge in [0.25, 0.3) is 5.22 Å². The highest BCUT2D eigenvalue weighted by molar-refractivity contribution is 7.99. The molecule has 1 N–H and O–H groups in total. The van der Waals surface area contributed by atoms with E-state index < -0.39 is 0 Å². The van der Waals surface area contributed by atoms with Crippen LogP contribution < -0.4 is 5.32 Å². The maximum atomic E-state index is 12.1. The zero-order valence-electron chi connectivity index (χ0n) is 14.8. The van der Waals surface area contributed by atoms with Gasteiger partial charge in [0.2, 0.25) is 11.8 Å². The van der Waals surface area contributed by atoms with Crippen LogP contribution >= 0.6 is 11.8 Å². The molecular weight excluding hydrogens is 346 g/mol. The minimum absolute atomic E-state index is 0.0478. The number of aromatic nitrogens is 2. The van der Waals surface area contributed by atoms with Gasteiger partial charge in [-0.2, -0.15) is 0 Å². The Morgan fingerprint density at radius 2 is 1.85 bits per heavy atom. The molecule has 0 saturated carbocycles. The largest absolute Gasteiger partial charge is 0.411 e. The number of hydrogen-bond acceptors (Lipinski definition) is 5. The monoisotopic (exact) mass is 367 g/mol. The van der Waals surface area contributed by atoms with E-state index in [4.69, 9.17) is 4.42 Å². The average molecular weight is 367 g/mol. The lowest BCUT2D eigenvalue weighted by molar-refractivity contribution is -0.118. The quantitative estimate of drug-likeness (QED) is 0.638. The molecule has 3 aromatic rings. The highest BCUT2D eigenvalue weighted by Gasteiger charge is 2.13. The number of hydrogen-bond donors (Lipinski definition) is 1. The molecule has 5 nitrogen and oxygen atoms in total. The van der Waals surface area contributed by atoms with Crippen molar-refractivity contribution in [3.05, 3.63) is 65.7 Å². The van der Waals surface area contributed by atoms with Crippen LogP contribution in [0.15, 0.2) is 64.2 Å². The second-order valence-corrected chi connectivity index (χ2v) is 7.02. The molecular formula is C20H21N3O2S. The van der Waals surface area contributed by atoms with E-state index in [0.717, 1.165) is 11.1 Å². The molecule has 0 fully saturated rings. The maximum Gasteiger partial charge on any atom is 0.277 e. The van der Waals surface area contributed by atoms with E-state index in [2.05, 4.69) is 34.6 Å². The van der Waals surface area contributed by atoms with Gasteiger partial charge in [0, 0.05) is 12.1 Å². The van der Waals surface area contributed by atoms with Gasteiger partial charge in [0.15, 0.2) is 0 Å². The lowest BCUT2D eigenvalue weighted by atomic mass is 10.0. The molecule has 1 atom stereocenters. The topological polar surface area (TPSA) is 68.0 Å². The second kappa shape index (κ2) is 8.67. The van der Waals surface area contributed by atoms with E-state index in [9.17, 15) is 4.79 Å². The fourth-order valence-electron chi connectivity index (χ4n) is 2.53. The van der Waals surface area contributed by atoms with Crippen molar-refractivity contribution in [3.8, 4) is 11.5 Å². The van der Waals surface area contributed by atoms with Gasteiger partial charge in [-0.15, -0.1) is 10.2 Å². The number of rotatable bonds is 7. The number of nitrogens with one attached hydrogen (secondary N) is 1. The smallest absolute Gasteiger partial charge is 0.277 e. The summed E-state index contributed by atoms with van der Waals surface area (Å²) in [6, 6.07) is 18.0. The van der Waals surface area contributed by atoms with Crippen LogP contribution in [-0.2, 0) is 4.79 Å². The Labute approximate surface area is 157 Å². The summed E-state index contributed by atoms with van der Waals surface area (Å²) in [5, 5.41) is 11.4. The predicted molar refractivity (Wildman–Crippen MR) is 103 cm³/mol. The summed E-state index contributed by atoms with van der Waals surface area (Å²) in [6.07, 6.45) is 0. The summed E-state index contributed by atoms with van der Waals surface area (Å²) in [7, 11) is 0. The van der Waals surface area contributed by atoms with Crippen LogP contribution in [0.3, 0.4) is 0 Å². The van der Waals surface area contributed by atoms with Gasteiger partial charge in [0.05, 0.1) is 5.75 Å². The molecule has 0 saturated heterocycles. The van der Waals surface area contributed by atoms with Crippen molar-refractivity contribution >= 4 is 17.7 Å². The van der Waals surface area contributed by atoms with E-state index in [0.29, 0.717) is 17.7 Å². The van der Waals surface area contributed by atoms with Gasteiger partial charge in [0.1, 0.15) is 0 Å². The average Bonchev–Trinajstić information content (AvgIpc) is 3.14. The van der Waals surface area contributed by atoms with Gasteiger partial charge in [-0.25, -0.2) is 0 Å². The van der Waals surface area contributed by atoms with Crippen molar-refractivity contribution in [1.82, 2.24) is 15.5 Å². The molecule has 1 amide bonds. The summed E-state index contributed by atoms with van der Waals surface area (Å²) in [4.78, 5) is 12.1. The van der Waals surface area contributed by atoms with E-state index in [1.165, 1.54) is 17.3 Å². The fraction of sp³-hybridized carbons (Fsp3) is 0.250. The summed E-state index contributed by atoms with van der Waals surface area (Å²) in [6.45, 7) is 4.69. The number of carbonyl (C=O) groups is 1. The molecule has 134 valence electrons. The Kier molecular flexibility index (Phi) is 6.07. The molecule has 0 aliphatic heterocycles. The highest BCUT2D eigenvalue weighted by atomic mass is 32.2. The Balaban J connectivity index is 1.49. The molecule has 0 aliphatic rings. The van der Waals surface area contributed by atoms with Crippen molar-refractivity contribution in [2.45, 2.75) is 25.0 Å². The summed E-state index contributed by atoms with van der Waals surface area (Å²) >= 11 is 1.25. The maximum absolute atomic E-state index is 12.1. The van der Waals surface area contributed by atoms with Crippen molar-refractivity contribution in [1.29, 1.82) is 0 Å². The number of aryl methyl sites for hydroxylation is 1. The summed E-state index contributed by atoms with van der Waals surface area (Å²) < 4.78 is 5.66. The predicted octanol–water partition coefficient (Wildman–Crippen LogP) is 4.06. The molecule has 1 heterocycles. The number of amides is 1. The van der Waals surface area contributed by atoms with Crippen molar-refractivity contribution < 1.29 is 9.21 Å². The first-order valence-corrected chi connectivity index (χ1v) is 9.46. The first-order valence-electron chi connectivity index (χ1n) is 8.47. The summed E-state index contributed by atoms with van der Waals surface area (Å²) in [5.74, 6) is 0.940. The Bertz CT molecular complexity index is 864. The van der Waals surface area contributed by atoms with Gasteiger partial charge in [-0.3, -0.25) is 4.79 Å². The third-order valence-electron chi connectivity index (χ3n) is 4.08. The third-order valence-corrected chi connectivity index (χ3v) is 4.90. The molecule has 0 unspecified atom stereocenters. The fourth-order valence-corrected chi connectivity index (χ4v) is 3.13. The zero-order chi connectivity index (χ0) is 18.4. The third kappa shape index (κ3) is 4.73. The lowest BCUT2D eigenvalue weighted by Gasteiger charge is -2.12. The molecule has 26 heavy (non-hydrogen) atoms. The van der Waals surface area contributed by atoms with Crippen molar-refractivity contribution in [2.75, 3.05) is 12.3 Å². The molecule has 3 rings (SSSR count). The molecule has 2 aromatic carbocycles. The molecule has 0 radical (unpaired) electrons. The van der Waals surface area contributed by atoms with Gasteiger partial charge in [-0.05, 0) is 30.0 Å². The highest BCUT2D eigenvalue weighted by Crippen LogP contribution is 2.25. The lowest BCUT2D eigenvalue weighted by Crippen LogP contribution is -2.28. The van der Waals surface area contributed by atoms with E-state index in [1.54, 1.807) is 0 Å². The number of thioether (sulfide) groups is 1. The SMILES string of the molecule is Cc1ccccc1-c1nnc(SCC(=O)NC[C@@H](C)c2ccccc2)o1. The minimum Gasteiger partial charge on any atom is -0.411 e. The molecule has 1 aromatic heterocycles. The van der Waals surface area contributed by atoms with Crippen LogP contribution in [0, 0.1) is 6.92 Å². The number of benzene rings is 2. The van der Waals surface area contributed by atoms with Gasteiger partial charge < -0.3 is 9.73 Å². The van der Waals surface area contributed by atoms with Crippen molar-refractivity contribution in [3.63, 3.8) is 0 Å². The minimum atomic E-state index is -0.0478. The van der Waals surface area contributed by atoms with Crippen LogP contribution in [0.4, 0.5) is 0 Å². The number of nitrogens with zero attached hydrogens (tertiary/aromatic N) is 2. The first kappa shape index (κ1) is 18.2. The van der Waals surface area contributed by atoms with Gasteiger partial charge in [-0.1, -0.05) is 67.2 Å².